The quantitative estimate of drug-likeness (QED) is 0.261. The summed E-state index contributed by atoms with van der Waals surface area (Å²) < 4.78 is 6.99. The molecule has 6 nitrogen and oxygen atoms in total. The van der Waals surface area contributed by atoms with E-state index in [0.717, 1.165) is 5.56 Å². The molecule has 7 heteroatoms. The number of amides is 1. The molecule has 0 unspecified atom stereocenters. The van der Waals surface area contributed by atoms with Crippen molar-refractivity contribution in [2.45, 2.75) is 24.8 Å². The zero-order chi connectivity index (χ0) is 24.1. The number of aromatic nitrogens is 2. The molecule has 0 atom stereocenters. The summed E-state index contributed by atoms with van der Waals surface area (Å²) in [6.07, 6.45) is 0. The Morgan fingerprint density at radius 1 is 1.00 bits per heavy atom. The molecule has 0 N–H and O–H groups in total. The number of hydrogen-bond acceptors (Lipinski definition) is 5. The molecule has 4 rings (SSSR count). The highest BCUT2D eigenvalue weighted by Gasteiger charge is 2.18. The second-order valence-electron chi connectivity index (χ2n) is 7.72. The molecule has 0 aliphatic heterocycles. The largest absolute Gasteiger partial charge is 0.497 e. The Labute approximate surface area is 203 Å². The van der Waals surface area contributed by atoms with Crippen LogP contribution in [0.4, 0.5) is 0 Å². The molecule has 1 aromatic heterocycles. The zero-order valence-electron chi connectivity index (χ0n) is 19.5. The van der Waals surface area contributed by atoms with Crippen LogP contribution in [0.25, 0.3) is 16.6 Å². The van der Waals surface area contributed by atoms with E-state index in [1.165, 1.54) is 11.8 Å². The van der Waals surface area contributed by atoms with Gasteiger partial charge in [0.2, 0.25) is 0 Å². The number of ether oxygens (including phenoxy) is 1. The van der Waals surface area contributed by atoms with Crippen LogP contribution in [0.5, 0.6) is 5.75 Å². The number of methoxy groups -OCH3 is 1. The molecule has 0 saturated carbocycles. The van der Waals surface area contributed by atoms with Gasteiger partial charge in [0, 0.05) is 30.5 Å². The van der Waals surface area contributed by atoms with E-state index in [4.69, 9.17) is 9.72 Å². The summed E-state index contributed by atoms with van der Waals surface area (Å²) in [7, 11) is 1.60. The van der Waals surface area contributed by atoms with Gasteiger partial charge in [0.25, 0.3) is 11.5 Å². The van der Waals surface area contributed by atoms with Crippen LogP contribution in [-0.4, -0.2) is 40.6 Å². The monoisotopic (exact) mass is 473 g/mol. The number of fused-ring (bicyclic) bond motifs is 1. The summed E-state index contributed by atoms with van der Waals surface area (Å²) >= 11 is 1.48. The van der Waals surface area contributed by atoms with Crippen LogP contribution < -0.4 is 10.3 Å². The van der Waals surface area contributed by atoms with E-state index < -0.39 is 0 Å². The Kier molecular flexibility index (Phi) is 7.33. The molecule has 0 spiro atoms. The fourth-order valence-corrected chi connectivity index (χ4v) is 4.76. The Morgan fingerprint density at radius 2 is 1.76 bits per heavy atom. The minimum atomic E-state index is -0.185. The van der Waals surface area contributed by atoms with Crippen molar-refractivity contribution in [2.75, 3.05) is 20.2 Å². The molecule has 0 aliphatic rings. The fraction of sp³-hybridized carbons (Fsp3) is 0.222. The first-order valence-corrected chi connectivity index (χ1v) is 12.2. The zero-order valence-corrected chi connectivity index (χ0v) is 20.3. The van der Waals surface area contributed by atoms with Crippen LogP contribution in [0.15, 0.2) is 82.7 Å². The van der Waals surface area contributed by atoms with Gasteiger partial charge in [-0.25, -0.2) is 4.98 Å². The van der Waals surface area contributed by atoms with Crippen LogP contribution in [0.2, 0.25) is 0 Å². The van der Waals surface area contributed by atoms with Crippen molar-refractivity contribution in [2.24, 2.45) is 0 Å². The number of nitrogens with zero attached hydrogens (tertiary/aromatic N) is 3. The summed E-state index contributed by atoms with van der Waals surface area (Å²) in [5, 5.41) is 1.02. The van der Waals surface area contributed by atoms with Gasteiger partial charge in [-0.3, -0.25) is 14.2 Å². The van der Waals surface area contributed by atoms with Gasteiger partial charge in [-0.05, 0) is 49.7 Å². The summed E-state index contributed by atoms with van der Waals surface area (Å²) in [6.45, 7) is 5.14. The molecular formula is C27H27N3O3S. The van der Waals surface area contributed by atoms with Gasteiger partial charge in [-0.1, -0.05) is 48.2 Å². The average molecular weight is 474 g/mol. The highest BCUT2D eigenvalue weighted by molar-refractivity contribution is 7.98. The molecule has 0 saturated heterocycles. The van der Waals surface area contributed by atoms with Crippen LogP contribution in [0, 0.1) is 0 Å². The van der Waals surface area contributed by atoms with Crippen molar-refractivity contribution in [3.8, 4) is 11.4 Å². The topological polar surface area (TPSA) is 64.4 Å². The van der Waals surface area contributed by atoms with E-state index in [2.05, 4.69) is 0 Å². The summed E-state index contributed by atoms with van der Waals surface area (Å²) in [5.74, 6) is 1.24. The lowest BCUT2D eigenvalue weighted by Gasteiger charge is -2.19. The number of carbonyl (C=O) groups is 1. The molecule has 1 heterocycles. The van der Waals surface area contributed by atoms with Crippen molar-refractivity contribution in [1.29, 1.82) is 0 Å². The number of carbonyl (C=O) groups excluding carboxylic acids is 1. The third-order valence-corrected chi connectivity index (χ3v) is 6.67. The number of benzene rings is 3. The van der Waals surface area contributed by atoms with Crippen LogP contribution >= 0.6 is 11.8 Å². The normalized spacial score (nSPS) is 10.9. The molecule has 1 amide bonds. The van der Waals surface area contributed by atoms with E-state index in [1.807, 2.05) is 68.4 Å². The van der Waals surface area contributed by atoms with Crippen molar-refractivity contribution in [3.63, 3.8) is 0 Å². The van der Waals surface area contributed by atoms with E-state index in [0.29, 0.717) is 51.9 Å². The average Bonchev–Trinajstić information content (AvgIpc) is 2.88. The lowest BCUT2D eigenvalue weighted by Crippen LogP contribution is -2.30. The van der Waals surface area contributed by atoms with E-state index in [1.54, 1.807) is 34.8 Å². The third kappa shape index (κ3) is 4.84. The molecule has 0 fully saturated rings. The minimum Gasteiger partial charge on any atom is -0.497 e. The van der Waals surface area contributed by atoms with Crippen molar-refractivity contribution in [3.05, 3.63) is 94.3 Å². The van der Waals surface area contributed by atoms with Crippen LogP contribution in [0.3, 0.4) is 0 Å². The van der Waals surface area contributed by atoms with E-state index in [-0.39, 0.29) is 11.5 Å². The first-order valence-electron chi connectivity index (χ1n) is 11.2. The highest BCUT2D eigenvalue weighted by Crippen LogP contribution is 2.26. The first kappa shape index (κ1) is 23.6. The molecule has 4 aromatic rings. The molecule has 0 aliphatic carbocycles. The molecule has 0 radical (unpaired) electrons. The predicted molar refractivity (Wildman–Crippen MR) is 137 cm³/mol. The van der Waals surface area contributed by atoms with Gasteiger partial charge >= 0.3 is 0 Å². The third-order valence-electron chi connectivity index (χ3n) is 5.66. The Balaban J connectivity index is 1.85. The second kappa shape index (κ2) is 10.6. The Bertz CT molecular complexity index is 1360. The van der Waals surface area contributed by atoms with Crippen molar-refractivity contribution >= 4 is 28.6 Å². The van der Waals surface area contributed by atoms with Crippen LogP contribution in [-0.2, 0) is 5.75 Å². The van der Waals surface area contributed by atoms with E-state index >= 15 is 0 Å². The van der Waals surface area contributed by atoms with Gasteiger partial charge < -0.3 is 9.64 Å². The molecule has 174 valence electrons. The van der Waals surface area contributed by atoms with Gasteiger partial charge in [-0.15, -0.1) is 0 Å². The minimum absolute atomic E-state index is 0.0656. The maximum Gasteiger partial charge on any atom is 0.266 e. The number of thioether (sulfide) groups is 1. The predicted octanol–water partition coefficient (Wildman–Crippen LogP) is 5.17. The SMILES string of the molecule is CCN(CC)C(=O)c1ccc2c(=O)n(-c3cccc(OC)c3)c(SCc3ccccc3)nc2c1. The summed E-state index contributed by atoms with van der Waals surface area (Å²) in [4.78, 5) is 33.2. The van der Waals surface area contributed by atoms with Crippen molar-refractivity contribution in [1.82, 2.24) is 14.5 Å². The summed E-state index contributed by atoms with van der Waals surface area (Å²) in [5.41, 5.74) is 2.66. The smallest absolute Gasteiger partial charge is 0.266 e. The maximum absolute atomic E-state index is 13.7. The van der Waals surface area contributed by atoms with Gasteiger partial charge in [-0.2, -0.15) is 0 Å². The molecular weight excluding hydrogens is 446 g/mol. The number of hydrogen-bond donors (Lipinski definition) is 0. The fourth-order valence-electron chi connectivity index (χ4n) is 3.79. The van der Waals surface area contributed by atoms with Crippen molar-refractivity contribution < 1.29 is 9.53 Å². The highest BCUT2D eigenvalue weighted by atomic mass is 32.2. The number of rotatable bonds is 8. The van der Waals surface area contributed by atoms with E-state index in [9.17, 15) is 9.59 Å². The van der Waals surface area contributed by atoms with Gasteiger partial charge in [0.1, 0.15) is 5.75 Å². The van der Waals surface area contributed by atoms with Gasteiger partial charge in [0.05, 0.1) is 23.7 Å². The lowest BCUT2D eigenvalue weighted by molar-refractivity contribution is 0.0773. The maximum atomic E-state index is 13.7. The molecule has 0 bridgehead atoms. The van der Waals surface area contributed by atoms with Crippen LogP contribution in [0.1, 0.15) is 29.8 Å². The lowest BCUT2D eigenvalue weighted by atomic mass is 10.1. The Hall–Kier alpha value is -3.58. The Morgan fingerprint density at radius 3 is 2.47 bits per heavy atom. The molecule has 34 heavy (non-hydrogen) atoms. The van der Waals surface area contributed by atoms with Gasteiger partial charge in [0.15, 0.2) is 5.16 Å². The summed E-state index contributed by atoms with van der Waals surface area (Å²) in [6, 6.07) is 22.5. The second-order valence-corrected chi connectivity index (χ2v) is 8.66. The first-order chi connectivity index (χ1) is 16.5. The standard InChI is InChI=1S/C27H27N3O3S/c1-4-29(5-2)25(31)20-14-15-23-24(16-20)28-27(34-18-19-10-7-6-8-11-19)30(26(23)32)21-12-9-13-22(17-21)33-3/h6-17H,4-5,18H2,1-3H3. The molecule has 3 aromatic carbocycles.